The van der Waals surface area contributed by atoms with Gasteiger partial charge in [-0.05, 0) is 11.8 Å². The Balaban J connectivity index is 0. The molecule has 0 aromatic heterocycles. The van der Waals surface area contributed by atoms with Gasteiger partial charge in [-0.3, -0.25) is 0 Å². The van der Waals surface area contributed by atoms with Crippen LogP contribution in [0.2, 0.25) is 0 Å². The molecule has 12 heteroatoms. The molecule has 0 amide bonds. The molecule has 24 heavy (non-hydrogen) atoms. The van der Waals surface area contributed by atoms with E-state index in [0.717, 1.165) is 0 Å². The molecule has 0 aromatic carbocycles. The van der Waals surface area contributed by atoms with Crippen molar-refractivity contribution in [1.82, 2.24) is 10.7 Å². The van der Waals surface area contributed by atoms with Crippen LogP contribution in [0, 0.1) is 11.8 Å². The molecule has 0 aliphatic heterocycles. The molecule has 0 heterocycles. The van der Waals surface area contributed by atoms with E-state index in [-0.39, 0.29) is 0 Å². The Morgan fingerprint density at radius 1 is 0.792 bits per heavy atom. The van der Waals surface area contributed by atoms with E-state index >= 15 is 0 Å². The molecule has 6 nitrogen and oxygen atoms in total. The summed E-state index contributed by atoms with van der Waals surface area (Å²) in [6.07, 6.45) is -1.48. The van der Waals surface area contributed by atoms with Crippen LogP contribution in [0.4, 0.5) is 26.7 Å². The van der Waals surface area contributed by atoms with Gasteiger partial charge in [0.25, 0.3) is 0 Å². The van der Waals surface area contributed by atoms with Gasteiger partial charge in [0, 0.05) is 12.8 Å². The number of carboxylic acid groups (broad SMARTS) is 2. The number of aliphatic carboxylic acids is 2. The fourth-order valence-corrected chi connectivity index (χ4v) is 1.54. The number of alkyl halides is 2. The minimum Gasteiger partial charge on any atom is -0.478 e. The van der Waals surface area contributed by atoms with Gasteiger partial charge >= 0.3 is 23.5 Å². The minimum atomic E-state index is -3.56. The van der Waals surface area contributed by atoms with Crippen molar-refractivity contribution in [3.05, 3.63) is 0 Å². The van der Waals surface area contributed by atoms with Gasteiger partial charge in [-0.1, -0.05) is 45.6 Å². The Labute approximate surface area is 134 Å². The molecule has 0 radical (unpaired) electrons. The summed E-state index contributed by atoms with van der Waals surface area (Å²) in [5, 5.41) is 12.5. The van der Waals surface area contributed by atoms with Gasteiger partial charge < -0.3 is 10.2 Å². The summed E-state index contributed by atoms with van der Waals surface area (Å²) < 4.78 is 72.8. The van der Waals surface area contributed by atoms with Gasteiger partial charge in [0.1, 0.15) is 0 Å². The van der Waals surface area contributed by atoms with Crippen LogP contribution in [0.15, 0.2) is 0 Å². The quantitative estimate of drug-likeness (QED) is 0.385. The zero-order chi connectivity index (χ0) is 19.9. The van der Waals surface area contributed by atoms with Crippen LogP contribution >= 0.6 is 0 Å². The highest BCUT2D eigenvalue weighted by Gasteiger charge is 2.48. The zero-order valence-electron chi connectivity index (χ0n) is 13.4. The molecule has 0 aliphatic carbocycles. The van der Waals surface area contributed by atoms with E-state index in [4.69, 9.17) is 10.2 Å². The highest BCUT2D eigenvalue weighted by Crippen LogP contribution is 2.28. The summed E-state index contributed by atoms with van der Waals surface area (Å²) in [5.74, 6) is -12.4. The summed E-state index contributed by atoms with van der Waals surface area (Å²) in [4.78, 5) is 20.2. The van der Waals surface area contributed by atoms with Crippen molar-refractivity contribution >= 4 is 11.9 Å². The van der Waals surface area contributed by atoms with E-state index in [2.05, 4.69) is 0 Å². The van der Waals surface area contributed by atoms with Crippen LogP contribution in [0.3, 0.4) is 0 Å². The lowest BCUT2D eigenvalue weighted by Crippen LogP contribution is -2.44. The van der Waals surface area contributed by atoms with Gasteiger partial charge in [0.2, 0.25) is 0 Å². The van der Waals surface area contributed by atoms with Crippen LogP contribution in [0.25, 0.3) is 0 Å². The highest BCUT2D eigenvalue weighted by atomic mass is 19.4. The Kier molecular flexibility index (Phi) is 9.94. The molecule has 2 atom stereocenters. The van der Waals surface area contributed by atoms with Crippen molar-refractivity contribution in [1.29, 1.82) is 0 Å². The summed E-state index contributed by atoms with van der Waals surface area (Å²) in [6.45, 7) is 5.84. The zero-order valence-corrected chi connectivity index (χ0v) is 13.4. The molecule has 0 aliphatic rings. The molecule has 0 unspecified atom stereocenters. The second kappa shape index (κ2) is 9.67. The first-order valence-corrected chi connectivity index (χ1v) is 6.69. The van der Waals surface area contributed by atoms with Crippen molar-refractivity contribution < 1.29 is 46.5 Å². The van der Waals surface area contributed by atoms with Crippen LogP contribution in [0.5, 0.6) is 0 Å². The van der Waals surface area contributed by atoms with Crippen LogP contribution in [-0.4, -0.2) is 44.4 Å². The number of rotatable bonds is 8. The van der Waals surface area contributed by atoms with Crippen LogP contribution in [-0.2, 0) is 9.59 Å². The van der Waals surface area contributed by atoms with E-state index in [1.54, 1.807) is 0 Å². The molecular weight excluding hydrogens is 350 g/mol. The third-order valence-corrected chi connectivity index (χ3v) is 2.55. The lowest BCUT2D eigenvalue weighted by molar-refractivity contribution is -0.280. The Bertz CT molecular complexity index is 386. The number of hydrogen-bond acceptors (Lipinski definition) is 4. The van der Waals surface area contributed by atoms with Gasteiger partial charge in [-0.15, -0.1) is 0 Å². The maximum atomic E-state index is 12.9. The fraction of sp³-hybridized carbons (Fsp3) is 0.833. The number of nitrogens with zero attached hydrogens (tertiary/aromatic N) is 2. The van der Waals surface area contributed by atoms with Gasteiger partial charge in [-0.2, -0.15) is 0 Å². The van der Waals surface area contributed by atoms with Crippen molar-refractivity contribution in [3.63, 3.8) is 0 Å². The molecule has 2 N–H and O–H groups in total. The van der Waals surface area contributed by atoms with Gasteiger partial charge in [0.05, 0.1) is 10.7 Å². The summed E-state index contributed by atoms with van der Waals surface area (Å²) in [6, 6.07) is 0. The minimum absolute atomic E-state index is 0.458. The van der Waals surface area contributed by atoms with Crippen molar-refractivity contribution in [3.8, 4) is 0 Å². The van der Waals surface area contributed by atoms with E-state index in [0.29, 0.717) is 0 Å². The van der Waals surface area contributed by atoms with Crippen LogP contribution in [0.1, 0.15) is 40.5 Å². The van der Waals surface area contributed by atoms with Gasteiger partial charge in [-0.25, -0.2) is 18.4 Å². The Hall–Kier alpha value is -1.56. The monoisotopic (exact) mass is 370 g/mol. The lowest BCUT2D eigenvalue weighted by atomic mass is 10.0. The second-order valence-electron chi connectivity index (χ2n) is 5.79. The smallest absolute Gasteiger partial charge is 0.362 e. The van der Waals surface area contributed by atoms with Crippen molar-refractivity contribution in [2.24, 2.45) is 11.8 Å². The first kappa shape index (κ1) is 24.7. The van der Waals surface area contributed by atoms with Crippen molar-refractivity contribution in [2.45, 2.75) is 52.1 Å². The van der Waals surface area contributed by atoms with E-state index in [9.17, 15) is 36.3 Å². The first-order valence-electron chi connectivity index (χ1n) is 6.69. The van der Waals surface area contributed by atoms with E-state index in [1.165, 1.54) is 27.7 Å². The molecule has 0 saturated heterocycles. The Morgan fingerprint density at radius 2 is 1.00 bits per heavy atom. The topological polar surface area (TPSA) is 81.1 Å². The second-order valence-corrected chi connectivity index (χ2v) is 5.79. The lowest BCUT2D eigenvalue weighted by Gasteiger charge is -2.21. The maximum Gasteiger partial charge on any atom is 0.362 e. The number of carbonyl (C=O) groups is 2. The predicted molar refractivity (Wildman–Crippen MR) is 70.0 cm³/mol. The average molecular weight is 370 g/mol. The average Bonchev–Trinajstić information content (AvgIpc) is 2.36. The fourth-order valence-electron chi connectivity index (χ4n) is 1.54. The third-order valence-electron chi connectivity index (χ3n) is 2.55. The Morgan fingerprint density at radius 3 is 1.04 bits per heavy atom. The third kappa shape index (κ3) is 7.34. The summed E-state index contributed by atoms with van der Waals surface area (Å²) >= 11 is 0. The summed E-state index contributed by atoms with van der Waals surface area (Å²) in [7, 11) is 0. The molecule has 0 bridgehead atoms. The first-order chi connectivity index (χ1) is 10.6. The van der Waals surface area contributed by atoms with E-state index < -0.39 is 58.9 Å². The molecule has 144 valence electrons. The molecule has 0 spiro atoms. The number of halogens is 6. The summed E-state index contributed by atoms with van der Waals surface area (Å²) in [5.41, 5.74) is 0. The number of hydrogen-bond donors (Lipinski definition) is 2. The van der Waals surface area contributed by atoms with Gasteiger partial charge in [0.15, 0.2) is 0 Å². The molecule has 0 fully saturated rings. The molecule has 0 aromatic rings. The highest BCUT2D eigenvalue weighted by molar-refractivity contribution is 5.76. The SMILES string of the molecule is CC(C)C[C@@](F)(C(=O)O)N(F)F.CC(C)C[C@@](F)(C(=O)O)N(F)F. The largest absolute Gasteiger partial charge is 0.478 e. The molecular formula is C12H20F6N2O4. The van der Waals surface area contributed by atoms with E-state index in [1.807, 2.05) is 0 Å². The molecule has 0 saturated carbocycles. The van der Waals surface area contributed by atoms with Crippen LogP contribution < -0.4 is 0 Å². The van der Waals surface area contributed by atoms with Crippen molar-refractivity contribution in [2.75, 3.05) is 0 Å². The maximum absolute atomic E-state index is 12.9. The number of carboxylic acids is 2. The standard InChI is InChI=1S/2C6H10F3NO2/c2*1-4(2)3-6(7,5(11)12)10(8)9/h2*4H,3H2,1-2H3,(H,11,12)/t2*6-/m00/s1. The normalized spacial score (nSPS) is 16.6. The molecule has 0 rings (SSSR count). The predicted octanol–water partition coefficient (Wildman–Crippen LogP) is 3.71.